The second-order valence-electron chi connectivity index (χ2n) is 4.50. The maximum absolute atomic E-state index is 6.47. The van der Waals surface area contributed by atoms with Gasteiger partial charge in [-0.25, -0.2) is 0 Å². The predicted molar refractivity (Wildman–Crippen MR) is 59.9 cm³/mol. The third-order valence-electron chi connectivity index (χ3n) is 4.08. The molecule has 1 aromatic carbocycles. The average Bonchev–Trinajstić information content (AvgIpc) is 2.88. The fraction of sp³-hybridized carbons (Fsp3) is 0.538. The molecule has 0 spiro atoms. The summed E-state index contributed by atoms with van der Waals surface area (Å²) in [6, 6.07) is 10.5. The predicted octanol–water partition coefficient (Wildman–Crippen LogP) is 3.05. The average molecular weight is 189 g/mol. The fourth-order valence-electron chi connectivity index (χ4n) is 2.76. The Morgan fingerprint density at radius 3 is 2.14 bits per heavy atom. The van der Waals surface area contributed by atoms with Crippen molar-refractivity contribution in [2.75, 3.05) is 0 Å². The van der Waals surface area contributed by atoms with E-state index in [-0.39, 0.29) is 5.54 Å². The van der Waals surface area contributed by atoms with Crippen molar-refractivity contribution in [1.82, 2.24) is 0 Å². The summed E-state index contributed by atoms with van der Waals surface area (Å²) in [5.74, 6) is 0. The van der Waals surface area contributed by atoms with Gasteiger partial charge in [0.15, 0.2) is 0 Å². The van der Waals surface area contributed by atoms with E-state index in [2.05, 4.69) is 44.2 Å². The Balaban J connectivity index is 2.30. The molecule has 1 unspecified atom stereocenters. The highest BCUT2D eigenvalue weighted by Crippen LogP contribution is 2.64. The molecule has 76 valence electrons. The van der Waals surface area contributed by atoms with Crippen LogP contribution in [-0.2, 0) is 5.54 Å². The standard InChI is InChI=1S/C13H19N/c1-3-12(4-2)10-13(12,14)11-8-6-5-7-9-11/h5-9H,3-4,10,14H2,1-2H3. The van der Waals surface area contributed by atoms with Gasteiger partial charge >= 0.3 is 0 Å². The lowest BCUT2D eigenvalue weighted by atomic mass is 9.89. The molecule has 14 heavy (non-hydrogen) atoms. The van der Waals surface area contributed by atoms with Gasteiger partial charge in [-0.1, -0.05) is 44.2 Å². The lowest BCUT2D eigenvalue weighted by molar-refractivity contribution is 0.392. The van der Waals surface area contributed by atoms with E-state index in [1.807, 2.05) is 0 Å². The highest BCUT2D eigenvalue weighted by Gasteiger charge is 2.63. The molecule has 0 heterocycles. The van der Waals surface area contributed by atoms with Gasteiger partial charge in [-0.15, -0.1) is 0 Å². The Morgan fingerprint density at radius 1 is 1.14 bits per heavy atom. The first kappa shape index (κ1) is 9.72. The molecule has 0 saturated heterocycles. The normalized spacial score (nSPS) is 28.8. The molecule has 2 rings (SSSR count). The maximum Gasteiger partial charge on any atom is 0.0473 e. The van der Waals surface area contributed by atoms with Gasteiger partial charge in [-0.2, -0.15) is 0 Å². The van der Waals surface area contributed by atoms with Crippen LogP contribution in [0.2, 0.25) is 0 Å². The molecule has 1 aromatic rings. The van der Waals surface area contributed by atoms with Gasteiger partial charge in [0.2, 0.25) is 0 Å². The van der Waals surface area contributed by atoms with Crippen LogP contribution >= 0.6 is 0 Å². The molecule has 1 atom stereocenters. The van der Waals surface area contributed by atoms with Crippen molar-refractivity contribution >= 4 is 0 Å². The Bertz CT molecular complexity index is 313. The summed E-state index contributed by atoms with van der Waals surface area (Å²) in [5, 5.41) is 0. The second kappa shape index (κ2) is 3.09. The van der Waals surface area contributed by atoms with Crippen LogP contribution < -0.4 is 5.73 Å². The van der Waals surface area contributed by atoms with Crippen LogP contribution in [0.3, 0.4) is 0 Å². The number of benzene rings is 1. The first-order valence-electron chi connectivity index (χ1n) is 5.53. The monoisotopic (exact) mass is 189 g/mol. The van der Waals surface area contributed by atoms with Crippen LogP contribution in [0.5, 0.6) is 0 Å². The second-order valence-corrected chi connectivity index (χ2v) is 4.50. The summed E-state index contributed by atoms with van der Waals surface area (Å²) in [6.07, 6.45) is 3.53. The minimum absolute atomic E-state index is 0.0439. The molecular formula is C13H19N. The van der Waals surface area contributed by atoms with Crippen molar-refractivity contribution in [2.45, 2.75) is 38.6 Å². The van der Waals surface area contributed by atoms with Gasteiger partial charge in [0.25, 0.3) is 0 Å². The van der Waals surface area contributed by atoms with Gasteiger partial charge in [-0.3, -0.25) is 0 Å². The summed E-state index contributed by atoms with van der Waals surface area (Å²) in [5.41, 5.74) is 8.10. The fourth-order valence-corrected chi connectivity index (χ4v) is 2.76. The molecule has 0 aromatic heterocycles. The number of nitrogens with two attached hydrogens (primary N) is 1. The molecule has 1 aliphatic rings. The van der Waals surface area contributed by atoms with Crippen molar-refractivity contribution < 1.29 is 0 Å². The third-order valence-corrected chi connectivity index (χ3v) is 4.08. The quantitative estimate of drug-likeness (QED) is 0.777. The van der Waals surface area contributed by atoms with Crippen molar-refractivity contribution in [3.05, 3.63) is 35.9 Å². The largest absolute Gasteiger partial charge is 0.321 e. The zero-order valence-corrected chi connectivity index (χ0v) is 9.09. The Hall–Kier alpha value is -0.820. The Morgan fingerprint density at radius 2 is 1.71 bits per heavy atom. The van der Waals surface area contributed by atoms with E-state index in [1.54, 1.807) is 0 Å². The van der Waals surface area contributed by atoms with Crippen LogP contribution in [0.25, 0.3) is 0 Å². The zero-order chi connectivity index (χ0) is 10.2. The van der Waals surface area contributed by atoms with Gasteiger partial charge in [0.05, 0.1) is 0 Å². The molecule has 0 amide bonds. The van der Waals surface area contributed by atoms with Crippen LogP contribution in [-0.4, -0.2) is 0 Å². The topological polar surface area (TPSA) is 26.0 Å². The summed E-state index contributed by atoms with van der Waals surface area (Å²) < 4.78 is 0. The zero-order valence-electron chi connectivity index (χ0n) is 9.09. The molecule has 0 radical (unpaired) electrons. The third kappa shape index (κ3) is 1.12. The first-order chi connectivity index (χ1) is 6.68. The molecule has 2 N–H and O–H groups in total. The Kier molecular flexibility index (Phi) is 2.15. The Labute approximate surface area is 86.3 Å². The molecule has 1 nitrogen and oxygen atoms in total. The number of hydrogen-bond acceptors (Lipinski definition) is 1. The summed E-state index contributed by atoms with van der Waals surface area (Å²) in [6.45, 7) is 4.50. The van der Waals surface area contributed by atoms with E-state index in [0.717, 1.165) is 6.42 Å². The van der Waals surface area contributed by atoms with Crippen LogP contribution in [0.4, 0.5) is 0 Å². The van der Waals surface area contributed by atoms with Crippen molar-refractivity contribution in [2.24, 2.45) is 11.1 Å². The molecule has 1 saturated carbocycles. The van der Waals surface area contributed by atoms with Gasteiger partial charge < -0.3 is 5.73 Å². The summed E-state index contributed by atoms with van der Waals surface area (Å²) in [4.78, 5) is 0. The van der Waals surface area contributed by atoms with Gasteiger partial charge in [-0.05, 0) is 30.2 Å². The van der Waals surface area contributed by atoms with Crippen molar-refractivity contribution in [3.8, 4) is 0 Å². The summed E-state index contributed by atoms with van der Waals surface area (Å²) >= 11 is 0. The molecular weight excluding hydrogens is 170 g/mol. The summed E-state index contributed by atoms with van der Waals surface area (Å²) in [7, 11) is 0. The van der Waals surface area contributed by atoms with Gasteiger partial charge in [0.1, 0.15) is 0 Å². The lowest BCUT2D eigenvalue weighted by Gasteiger charge is -2.20. The van der Waals surface area contributed by atoms with Crippen LogP contribution in [0.15, 0.2) is 30.3 Å². The van der Waals surface area contributed by atoms with Crippen LogP contribution in [0, 0.1) is 5.41 Å². The van der Waals surface area contributed by atoms with E-state index in [4.69, 9.17) is 5.73 Å². The van der Waals surface area contributed by atoms with E-state index in [1.165, 1.54) is 18.4 Å². The van der Waals surface area contributed by atoms with Crippen molar-refractivity contribution in [3.63, 3.8) is 0 Å². The highest BCUT2D eigenvalue weighted by molar-refractivity contribution is 5.35. The minimum Gasteiger partial charge on any atom is -0.321 e. The minimum atomic E-state index is -0.0439. The number of rotatable bonds is 3. The van der Waals surface area contributed by atoms with E-state index in [9.17, 15) is 0 Å². The smallest absolute Gasteiger partial charge is 0.0473 e. The first-order valence-corrected chi connectivity index (χ1v) is 5.53. The van der Waals surface area contributed by atoms with Crippen molar-refractivity contribution in [1.29, 1.82) is 0 Å². The molecule has 1 fully saturated rings. The number of hydrogen-bond donors (Lipinski definition) is 1. The van der Waals surface area contributed by atoms with E-state index < -0.39 is 0 Å². The van der Waals surface area contributed by atoms with Gasteiger partial charge in [0, 0.05) is 5.54 Å². The molecule has 0 aliphatic heterocycles. The molecule has 1 heteroatoms. The van der Waals surface area contributed by atoms with Crippen LogP contribution in [0.1, 0.15) is 38.7 Å². The molecule has 0 bridgehead atoms. The highest BCUT2D eigenvalue weighted by atomic mass is 14.9. The lowest BCUT2D eigenvalue weighted by Crippen LogP contribution is -2.27. The van der Waals surface area contributed by atoms with E-state index >= 15 is 0 Å². The maximum atomic E-state index is 6.47. The molecule has 1 aliphatic carbocycles. The SMILES string of the molecule is CCC1(CC)CC1(N)c1ccccc1. The van der Waals surface area contributed by atoms with E-state index in [0.29, 0.717) is 5.41 Å².